The van der Waals surface area contributed by atoms with Gasteiger partial charge in [0.2, 0.25) is 0 Å². The predicted molar refractivity (Wildman–Crippen MR) is 133 cm³/mol. The molecular weight excluding hydrogens is 380 g/mol. The Labute approximate surface area is 189 Å². The molecule has 3 nitrogen and oxygen atoms in total. The molecule has 3 heteroatoms. The van der Waals surface area contributed by atoms with Crippen molar-refractivity contribution in [3.05, 3.63) is 52.9 Å². The monoisotopic (exact) mass is 420 g/mol. The normalized spacial score (nSPS) is 18.4. The largest absolute Gasteiger partial charge is 0.327 e. The first-order valence-electron chi connectivity index (χ1n) is 11.9. The molecule has 1 fully saturated rings. The zero-order valence-corrected chi connectivity index (χ0v) is 20.6. The molecule has 1 saturated carbocycles. The lowest BCUT2D eigenvalue weighted by molar-refractivity contribution is -0.116. The molecule has 31 heavy (non-hydrogen) atoms. The predicted octanol–water partition coefficient (Wildman–Crippen LogP) is 6.89. The van der Waals surface area contributed by atoms with Gasteiger partial charge in [-0.15, -0.1) is 0 Å². The molecule has 2 aliphatic carbocycles. The fraction of sp³-hybridized carbons (Fsp3) is 0.571. The second-order valence-electron chi connectivity index (χ2n) is 10.9. The van der Waals surface area contributed by atoms with Crippen molar-refractivity contribution in [2.45, 2.75) is 91.4 Å². The van der Waals surface area contributed by atoms with E-state index in [2.05, 4.69) is 65.2 Å². The van der Waals surface area contributed by atoms with E-state index in [-0.39, 0.29) is 22.5 Å². The van der Waals surface area contributed by atoms with Crippen molar-refractivity contribution < 1.29 is 4.79 Å². The summed E-state index contributed by atoms with van der Waals surface area (Å²) < 4.78 is 0. The minimum atomic E-state index is 0.0692. The lowest BCUT2D eigenvalue weighted by Crippen LogP contribution is -2.25. The van der Waals surface area contributed by atoms with Crippen molar-refractivity contribution in [3.63, 3.8) is 0 Å². The molecule has 0 aliphatic heterocycles. The average molecular weight is 421 g/mol. The summed E-state index contributed by atoms with van der Waals surface area (Å²) >= 11 is 0. The van der Waals surface area contributed by atoms with Gasteiger partial charge in [-0.3, -0.25) is 4.79 Å². The third-order valence-electron chi connectivity index (χ3n) is 6.77. The van der Waals surface area contributed by atoms with Crippen molar-refractivity contribution in [2.24, 2.45) is 10.9 Å². The molecule has 0 bridgehead atoms. The summed E-state index contributed by atoms with van der Waals surface area (Å²) in [6, 6.07) is 4.77. The van der Waals surface area contributed by atoms with Crippen molar-refractivity contribution in [1.29, 1.82) is 0 Å². The molecule has 0 unspecified atom stereocenters. The van der Waals surface area contributed by atoms with Gasteiger partial charge >= 0.3 is 0 Å². The number of fused-ring (bicyclic) bond motifs is 1. The van der Waals surface area contributed by atoms with Crippen LogP contribution in [0.4, 0.5) is 5.69 Å². The second kappa shape index (κ2) is 8.76. The fourth-order valence-electron chi connectivity index (χ4n) is 4.46. The van der Waals surface area contributed by atoms with E-state index >= 15 is 0 Å². The third kappa shape index (κ3) is 5.02. The van der Waals surface area contributed by atoms with Gasteiger partial charge in [-0.1, -0.05) is 60.3 Å². The lowest BCUT2D eigenvalue weighted by Gasteiger charge is -2.31. The maximum absolute atomic E-state index is 12.5. The van der Waals surface area contributed by atoms with E-state index in [0.29, 0.717) is 11.4 Å². The summed E-state index contributed by atoms with van der Waals surface area (Å²) in [5.41, 5.74) is 6.45. The first-order chi connectivity index (χ1) is 14.5. The van der Waals surface area contributed by atoms with Crippen LogP contribution in [-0.2, 0) is 22.0 Å². The van der Waals surface area contributed by atoms with E-state index in [4.69, 9.17) is 4.99 Å². The SMILES string of the molecule is C=C(/N=C\C(=C/C)C(=O)C1CC1)N(CCC)c1cc(C(C)(C)C)cc2c1CCC2(C)C. The van der Waals surface area contributed by atoms with Gasteiger partial charge in [0, 0.05) is 29.9 Å². The van der Waals surface area contributed by atoms with Crippen LogP contribution in [-0.4, -0.2) is 18.5 Å². The van der Waals surface area contributed by atoms with E-state index < -0.39 is 0 Å². The molecule has 0 saturated heterocycles. The molecule has 0 amide bonds. The number of rotatable bonds is 8. The molecule has 0 radical (unpaired) electrons. The highest BCUT2D eigenvalue weighted by atomic mass is 16.1. The van der Waals surface area contributed by atoms with E-state index in [1.165, 1.54) is 22.4 Å². The third-order valence-corrected chi connectivity index (χ3v) is 6.77. The maximum atomic E-state index is 12.5. The summed E-state index contributed by atoms with van der Waals surface area (Å²) in [6.45, 7) is 20.8. The number of nitrogens with zero attached hydrogens (tertiary/aromatic N) is 2. The Morgan fingerprint density at radius 1 is 1.29 bits per heavy atom. The molecule has 1 aromatic carbocycles. The molecule has 0 N–H and O–H groups in total. The number of aliphatic imine (C=N–C) groups is 1. The number of allylic oxidation sites excluding steroid dienone is 2. The van der Waals surface area contributed by atoms with Crippen molar-refractivity contribution in [3.8, 4) is 0 Å². The van der Waals surface area contributed by atoms with Gasteiger partial charge < -0.3 is 4.90 Å². The first kappa shape index (κ1) is 23.5. The molecule has 3 rings (SSSR count). The van der Waals surface area contributed by atoms with Crippen LogP contribution in [0.5, 0.6) is 0 Å². The average Bonchev–Trinajstić information content (AvgIpc) is 3.50. The molecular formula is C28H40N2O. The van der Waals surface area contributed by atoms with E-state index in [1.54, 1.807) is 6.21 Å². The van der Waals surface area contributed by atoms with Crippen LogP contribution in [0, 0.1) is 5.92 Å². The van der Waals surface area contributed by atoms with Crippen LogP contribution in [0.25, 0.3) is 0 Å². The maximum Gasteiger partial charge on any atom is 0.167 e. The summed E-state index contributed by atoms with van der Waals surface area (Å²) in [6.07, 6.45) is 8.87. The Hall–Kier alpha value is -2.16. The number of anilines is 1. The molecule has 2 aliphatic rings. The Bertz CT molecular complexity index is 923. The van der Waals surface area contributed by atoms with Crippen LogP contribution < -0.4 is 4.90 Å². The molecule has 168 valence electrons. The van der Waals surface area contributed by atoms with Crippen LogP contribution in [0.15, 0.2) is 41.2 Å². The number of Topliss-reactive ketones (excluding diaryl/α,β-unsaturated/α-hetero) is 1. The molecule has 1 aromatic rings. The quantitative estimate of drug-likeness (QED) is 0.339. The van der Waals surface area contributed by atoms with E-state index in [9.17, 15) is 4.79 Å². The van der Waals surface area contributed by atoms with Crippen LogP contribution in [0.3, 0.4) is 0 Å². The summed E-state index contributed by atoms with van der Waals surface area (Å²) in [7, 11) is 0. The minimum absolute atomic E-state index is 0.0692. The Morgan fingerprint density at radius 2 is 1.97 bits per heavy atom. The van der Waals surface area contributed by atoms with Gasteiger partial charge in [0.05, 0.1) is 0 Å². The fourth-order valence-corrected chi connectivity index (χ4v) is 4.46. The summed E-state index contributed by atoms with van der Waals surface area (Å²) in [4.78, 5) is 19.4. The lowest BCUT2D eigenvalue weighted by atomic mass is 9.80. The zero-order chi connectivity index (χ0) is 23.0. The van der Waals surface area contributed by atoms with Crippen molar-refractivity contribution >= 4 is 17.7 Å². The standard InChI is InChI=1S/C28H40N2O/c1-9-15-30(19(3)29-18-20(10-2)26(31)21-11-12-21)25-17-22(27(4,5)6)16-24-23(25)13-14-28(24,7)8/h10,16-18,21H,3,9,11-15H2,1-2,4-8H3/b20-10+,29-18-. The molecule has 0 atom stereocenters. The van der Waals surface area contributed by atoms with Gasteiger partial charge in [0.1, 0.15) is 5.82 Å². The summed E-state index contributed by atoms with van der Waals surface area (Å²) in [5, 5.41) is 0. The van der Waals surface area contributed by atoms with E-state index in [1.807, 2.05) is 13.0 Å². The highest BCUT2D eigenvalue weighted by molar-refractivity contribution is 6.15. The minimum Gasteiger partial charge on any atom is -0.327 e. The Morgan fingerprint density at radius 3 is 2.52 bits per heavy atom. The Kier molecular flexibility index (Phi) is 6.64. The number of carbonyl (C=O) groups is 1. The Balaban J connectivity index is 2.01. The van der Waals surface area contributed by atoms with Crippen molar-refractivity contribution in [2.75, 3.05) is 11.4 Å². The smallest absolute Gasteiger partial charge is 0.167 e. The number of benzene rings is 1. The summed E-state index contributed by atoms with van der Waals surface area (Å²) in [5.74, 6) is 1.13. The van der Waals surface area contributed by atoms with Gasteiger partial charge in [-0.2, -0.15) is 0 Å². The van der Waals surface area contributed by atoms with Crippen molar-refractivity contribution in [1.82, 2.24) is 0 Å². The van der Waals surface area contributed by atoms with Gasteiger partial charge in [0.15, 0.2) is 5.78 Å². The molecule has 0 heterocycles. The topological polar surface area (TPSA) is 32.7 Å². The van der Waals surface area contributed by atoms with Gasteiger partial charge in [-0.25, -0.2) is 4.99 Å². The molecule has 0 aromatic heterocycles. The first-order valence-corrected chi connectivity index (χ1v) is 11.9. The van der Waals surface area contributed by atoms with Crippen LogP contribution in [0.2, 0.25) is 0 Å². The number of hydrogen-bond donors (Lipinski definition) is 0. The van der Waals surface area contributed by atoms with Gasteiger partial charge in [0.25, 0.3) is 0 Å². The second-order valence-corrected chi connectivity index (χ2v) is 10.9. The number of hydrogen-bond acceptors (Lipinski definition) is 3. The van der Waals surface area contributed by atoms with Gasteiger partial charge in [-0.05, 0) is 72.6 Å². The van der Waals surface area contributed by atoms with Crippen LogP contribution >= 0.6 is 0 Å². The number of carbonyl (C=O) groups excluding carboxylic acids is 1. The van der Waals surface area contributed by atoms with Crippen LogP contribution in [0.1, 0.15) is 90.8 Å². The highest BCUT2D eigenvalue weighted by Crippen LogP contribution is 2.45. The highest BCUT2D eigenvalue weighted by Gasteiger charge is 2.35. The number of ketones is 1. The zero-order valence-electron chi connectivity index (χ0n) is 20.6. The molecule has 0 spiro atoms. The van der Waals surface area contributed by atoms with E-state index in [0.717, 1.165) is 38.6 Å².